The number of pyridine rings is 1. The maximum Gasteiger partial charge on any atom is 0.269 e. The Balaban J connectivity index is 2.11. The van der Waals surface area contributed by atoms with E-state index in [0.717, 1.165) is 12.2 Å². The van der Waals surface area contributed by atoms with Crippen LogP contribution in [0.2, 0.25) is 0 Å². The summed E-state index contributed by atoms with van der Waals surface area (Å²) in [6, 6.07) is 11.0. The minimum Gasteiger partial charge on any atom is -0.457 e. The standard InChI is InChI=1S/C15H17N3O2/c1-3-17-11-4-6-12(7-5-11)20-13-8-9-18-14(10-13)15(19)16-2/h4-10,17H,3H2,1-2H3,(H,16,19). The summed E-state index contributed by atoms with van der Waals surface area (Å²) in [5.74, 6) is 1.05. The predicted molar refractivity (Wildman–Crippen MR) is 78.3 cm³/mol. The van der Waals surface area contributed by atoms with E-state index in [4.69, 9.17) is 4.74 Å². The fourth-order valence-electron chi connectivity index (χ4n) is 1.71. The van der Waals surface area contributed by atoms with Gasteiger partial charge in [0, 0.05) is 31.5 Å². The molecule has 0 bridgehead atoms. The van der Waals surface area contributed by atoms with Gasteiger partial charge in [-0.1, -0.05) is 0 Å². The van der Waals surface area contributed by atoms with Gasteiger partial charge in [-0.2, -0.15) is 0 Å². The molecule has 0 atom stereocenters. The van der Waals surface area contributed by atoms with Crippen LogP contribution in [0, 0.1) is 0 Å². The van der Waals surface area contributed by atoms with Gasteiger partial charge in [0.1, 0.15) is 17.2 Å². The van der Waals surface area contributed by atoms with Gasteiger partial charge < -0.3 is 15.4 Å². The quantitative estimate of drug-likeness (QED) is 0.877. The number of hydrogen-bond acceptors (Lipinski definition) is 4. The Hall–Kier alpha value is -2.56. The lowest BCUT2D eigenvalue weighted by Gasteiger charge is -2.08. The van der Waals surface area contributed by atoms with Crippen molar-refractivity contribution in [1.82, 2.24) is 10.3 Å². The van der Waals surface area contributed by atoms with Gasteiger partial charge in [0.25, 0.3) is 5.91 Å². The number of ether oxygens (including phenoxy) is 1. The average Bonchev–Trinajstić information content (AvgIpc) is 2.49. The molecule has 5 heteroatoms. The highest BCUT2D eigenvalue weighted by Crippen LogP contribution is 2.23. The molecule has 2 N–H and O–H groups in total. The molecule has 20 heavy (non-hydrogen) atoms. The highest BCUT2D eigenvalue weighted by molar-refractivity contribution is 5.92. The van der Waals surface area contributed by atoms with Crippen molar-refractivity contribution < 1.29 is 9.53 Å². The van der Waals surface area contributed by atoms with Crippen LogP contribution < -0.4 is 15.4 Å². The summed E-state index contributed by atoms with van der Waals surface area (Å²) in [6.45, 7) is 2.92. The molecule has 2 rings (SSSR count). The van der Waals surface area contributed by atoms with Gasteiger partial charge in [0.05, 0.1) is 0 Å². The molecule has 0 saturated carbocycles. The molecule has 0 aliphatic carbocycles. The Labute approximate surface area is 118 Å². The SMILES string of the molecule is CCNc1ccc(Oc2ccnc(C(=O)NC)c2)cc1. The van der Waals surface area contributed by atoms with Crippen molar-refractivity contribution in [3.8, 4) is 11.5 Å². The number of carbonyl (C=O) groups is 1. The van der Waals surface area contributed by atoms with Gasteiger partial charge >= 0.3 is 0 Å². The molecule has 0 aliphatic rings. The zero-order chi connectivity index (χ0) is 14.4. The molecule has 104 valence electrons. The molecule has 1 aromatic heterocycles. The molecule has 0 fully saturated rings. The molecule has 1 aromatic carbocycles. The van der Waals surface area contributed by atoms with Crippen LogP contribution in [0.5, 0.6) is 11.5 Å². The third-order valence-electron chi connectivity index (χ3n) is 2.66. The zero-order valence-electron chi connectivity index (χ0n) is 11.5. The minimum atomic E-state index is -0.238. The van der Waals surface area contributed by atoms with Crippen molar-refractivity contribution in [3.05, 3.63) is 48.3 Å². The van der Waals surface area contributed by atoms with Crippen LogP contribution in [0.15, 0.2) is 42.6 Å². The number of hydrogen-bond donors (Lipinski definition) is 2. The van der Waals surface area contributed by atoms with E-state index >= 15 is 0 Å². The van der Waals surface area contributed by atoms with Gasteiger partial charge in [-0.25, -0.2) is 0 Å². The summed E-state index contributed by atoms with van der Waals surface area (Å²) in [6.07, 6.45) is 1.55. The summed E-state index contributed by atoms with van der Waals surface area (Å²) in [5, 5.41) is 5.74. The van der Waals surface area contributed by atoms with E-state index in [-0.39, 0.29) is 5.91 Å². The minimum absolute atomic E-state index is 0.238. The van der Waals surface area contributed by atoms with Crippen molar-refractivity contribution >= 4 is 11.6 Å². The molecule has 0 spiro atoms. The highest BCUT2D eigenvalue weighted by Gasteiger charge is 2.06. The molecule has 2 aromatic rings. The Bertz CT molecular complexity index is 582. The zero-order valence-corrected chi connectivity index (χ0v) is 11.5. The van der Waals surface area contributed by atoms with E-state index in [1.54, 1.807) is 25.4 Å². The second-order valence-corrected chi connectivity index (χ2v) is 4.11. The number of benzene rings is 1. The van der Waals surface area contributed by atoms with Crippen LogP contribution in [-0.4, -0.2) is 24.5 Å². The summed E-state index contributed by atoms with van der Waals surface area (Å²) in [4.78, 5) is 15.5. The van der Waals surface area contributed by atoms with Crippen molar-refractivity contribution in [3.63, 3.8) is 0 Å². The van der Waals surface area contributed by atoms with Crippen LogP contribution in [0.1, 0.15) is 17.4 Å². The van der Waals surface area contributed by atoms with Crippen molar-refractivity contribution in [1.29, 1.82) is 0 Å². The summed E-state index contributed by atoms with van der Waals surface area (Å²) < 4.78 is 5.70. The Morgan fingerprint density at radius 3 is 2.60 bits per heavy atom. The maximum absolute atomic E-state index is 11.5. The van der Waals surface area contributed by atoms with Gasteiger partial charge in [-0.15, -0.1) is 0 Å². The lowest BCUT2D eigenvalue weighted by Crippen LogP contribution is -2.18. The first kappa shape index (κ1) is 13.9. The second kappa shape index (κ2) is 6.56. The Morgan fingerprint density at radius 1 is 1.20 bits per heavy atom. The number of amides is 1. The molecule has 0 unspecified atom stereocenters. The molecular weight excluding hydrogens is 254 g/mol. The number of anilines is 1. The van der Waals surface area contributed by atoms with E-state index in [0.29, 0.717) is 17.2 Å². The van der Waals surface area contributed by atoms with E-state index in [1.165, 1.54) is 0 Å². The van der Waals surface area contributed by atoms with Crippen molar-refractivity contribution in [2.75, 3.05) is 18.9 Å². The topological polar surface area (TPSA) is 63.2 Å². The molecule has 0 aliphatic heterocycles. The van der Waals surface area contributed by atoms with Crippen LogP contribution in [0.4, 0.5) is 5.69 Å². The van der Waals surface area contributed by atoms with Crippen LogP contribution in [-0.2, 0) is 0 Å². The van der Waals surface area contributed by atoms with Crippen LogP contribution >= 0.6 is 0 Å². The number of nitrogens with one attached hydrogen (secondary N) is 2. The van der Waals surface area contributed by atoms with E-state index < -0.39 is 0 Å². The van der Waals surface area contributed by atoms with E-state index in [1.807, 2.05) is 31.2 Å². The normalized spacial score (nSPS) is 9.90. The van der Waals surface area contributed by atoms with Gasteiger partial charge in [-0.3, -0.25) is 9.78 Å². The number of carbonyl (C=O) groups excluding carboxylic acids is 1. The summed E-state index contributed by atoms with van der Waals surface area (Å²) in [5.41, 5.74) is 1.37. The monoisotopic (exact) mass is 271 g/mol. The number of rotatable bonds is 5. The fraction of sp³-hybridized carbons (Fsp3) is 0.200. The first-order valence-corrected chi connectivity index (χ1v) is 6.43. The first-order valence-electron chi connectivity index (χ1n) is 6.43. The van der Waals surface area contributed by atoms with E-state index in [9.17, 15) is 4.79 Å². The predicted octanol–water partition coefficient (Wildman–Crippen LogP) is 2.67. The third kappa shape index (κ3) is 3.47. The largest absolute Gasteiger partial charge is 0.457 e. The summed E-state index contributed by atoms with van der Waals surface area (Å²) >= 11 is 0. The third-order valence-corrected chi connectivity index (χ3v) is 2.66. The molecule has 0 radical (unpaired) electrons. The Morgan fingerprint density at radius 2 is 1.95 bits per heavy atom. The Kier molecular flexibility index (Phi) is 4.55. The summed E-state index contributed by atoms with van der Waals surface area (Å²) in [7, 11) is 1.57. The molecule has 1 heterocycles. The first-order chi connectivity index (χ1) is 9.72. The van der Waals surface area contributed by atoms with Gasteiger partial charge in [-0.05, 0) is 37.3 Å². The van der Waals surface area contributed by atoms with Crippen LogP contribution in [0.25, 0.3) is 0 Å². The lowest BCUT2D eigenvalue weighted by molar-refractivity contribution is 0.0958. The van der Waals surface area contributed by atoms with Crippen molar-refractivity contribution in [2.45, 2.75) is 6.92 Å². The van der Waals surface area contributed by atoms with Crippen molar-refractivity contribution in [2.24, 2.45) is 0 Å². The van der Waals surface area contributed by atoms with Gasteiger partial charge in [0.2, 0.25) is 0 Å². The molecule has 1 amide bonds. The molecule has 0 saturated heterocycles. The fourth-order valence-corrected chi connectivity index (χ4v) is 1.71. The van der Waals surface area contributed by atoms with Gasteiger partial charge in [0.15, 0.2) is 0 Å². The lowest BCUT2D eigenvalue weighted by atomic mass is 10.3. The highest BCUT2D eigenvalue weighted by atomic mass is 16.5. The maximum atomic E-state index is 11.5. The number of aromatic nitrogens is 1. The molecule has 5 nitrogen and oxygen atoms in total. The smallest absolute Gasteiger partial charge is 0.269 e. The van der Waals surface area contributed by atoms with Crippen LogP contribution in [0.3, 0.4) is 0 Å². The second-order valence-electron chi connectivity index (χ2n) is 4.11. The average molecular weight is 271 g/mol. The van der Waals surface area contributed by atoms with E-state index in [2.05, 4.69) is 15.6 Å². The number of nitrogens with zero attached hydrogens (tertiary/aromatic N) is 1. The molecular formula is C15H17N3O2.